The molecule has 164 valence electrons. The van der Waals surface area contributed by atoms with Crippen LogP contribution in [0.15, 0.2) is 0 Å². The molecular formula is C20H48N2O3Si2. The predicted octanol–water partition coefficient (Wildman–Crippen LogP) is 3.76. The Labute approximate surface area is 173 Å². The zero-order chi connectivity index (χ0) is 20.7. The first-order valence-corrected chi connectivity index (χ1v) is 14.7. The molecule has 0 fully saturated rings. The molecule has 5 nitrogen and oxygen atoms in total. The van der Waals surface area contributed by atoms with E-state index in [1.165, 1.54) is 51.9 Å². The van der Waals surface area contributed by atoms with Gasteiger partial charge in [0.25, 0.3) is 0 Å². The molecule has 0 amide bonds. The van der Waals surface area contributed by atoms with Crippen LogP contribution in [0.1, 0.15) is 66.7 Å². The summed E-state index contributed by atoms with van der Waals surface area (Å²) in [6.45, 7) is 16.3. The summed E-state index contributed by atoms with van der Waals surface area (Å²) in [6, 6.07) is 0.923. The first-order valence-electron chi connectivity index (χ1n) is 11.1. The van der Waals surface area contributed by atoms with Crippen LogP contribution in [0.25, 0.3) is 0 Å². The van der Waals surface area contributed by atoms with Crippen molar-refractivity contribution in [3.8, 4) is 0 Å². The van der Waals surface area contributed by atoms with Crippen LogP contribution in [-0.4, -0.2) is 81.4 Å². The Bertz CT molecular complexity index is 319. The van der Waals surface area contributed by atoms with E-state index < -0.39 is 8.80 Å². The standard InChI is InChI=1S/C20H48N2O3Si2/c1-9-19(17-15-14-16-18-27(23-6,24-7)25-8)26-20(21(10-2)11-3)22(12-4)13-5/h19-20H,9-18,26H2,1-8H3. The lowest BCUT2D eigenvalue weighted by atomic mass is 10.1. The molecule has 1 unspecified atom stereocenters. The number of unbranched alkanes of at least 4 members (excludes halogenated alkanes) is 2. The van der Waals surface area contributed by atoms with Gasteiger partial charge in [0.2, 0.25) is 0 Å². The van der Waals surface area contributed by atoms with Gasteiger partial charge < -0.3 is 13.3 Å². The van der Waals surface area contributed by atoms with E-state index in [9.17, 15) is 0 Å². The highest BCUT2D eigenvalue weighted by Crippen LogP contribution is 2.24. The van der Waals surface area contributed by atoms with Crippen LogP contribution in [0.5, 0.6) is 0 Å². The summed E-state index contributed by atoms with van der Waals surface area (Å²) in [5.41, 5.74) is 0.936. The summed E-state index contributed by atoms with van der Waals surface area (Å²) in [5, 5.41) is 0. The lowest BCUT2D eigenvalue weighted by Gasteiger charge is -2.39. The third kappa shape index (κ3) is 9.52. The molecule has 7 heteroatoms. The van der Waals surface area contributed by atoms with Crippen molar-refractivity contribution in [3.05, 3.63) is 0 Å². The van der Waals surface area contributed by atoms with Crippen LogP contribution in [-0.2, 0) is 13.3 Å². The SMILES string of the molecule is CCC(CCCCC[Si](OC)(OC)OC)[SiH2]C(N(CC)CC)N(CC)CC. The summed E-state index contributed by atoms with van der Waals surface area (Å²) in [5.74, 6) is 0.718. The van der Waals surface area contributed by atoms with Crippen molar-refractivity contribution in [2.45, 2.75) is 84.1 Å². The highest BCUT2D eigenvalue weighted by Gasteiger charge is 2.36. The smallest absolute Gasteiger partial charge is 0.377 e. The molecular weight excluding hydrogens is 372 g/mol. The van der Waals surface area contributed by atoms with Crippen molar-refractivity contribution >= 4 is 18.3 Å². The highest BCUT2D eigenvalue weighted by molar-refractivity contribution is 6.60. The second kappa shape index (κ2) is 16.1. The molecule has 1 atom stereocenters. The van der Waals surface area contributed by atoms with E-state index in [0.29, 0.717) is 0 Å². The first kappa shape index (κ1) is 27.2. The zero-order valence-electron chi connectivity index (χ0n) is 19.6. The Morgan fingerprint density at radius 2 is 1.22 bits per heavy atom. The number of rotatable bonds is 18. The molecule has 0 N–H and O–H groups in total. The fourth-order valence-electron chi connectivity index (χ4n) is 4.11. The Balaban J connectivity index is 4.56. The summed E-state index contributed by atoms with van der Waals surface area (Å²) < 4.78 is 16.6. The second-order valence-corrected chi connectivity index (χ2v) is 12.8. The van der Waals surface area contributed by atoms with Gasteiger partial charge in [-0.3, -0.25) is 9.80 Å². The molecule has 0 aliphatic heterocycles. The van der Waals surface area contributed by atoms with Gasteiger partial charge >= 0.3 is 8.80 Å². The van der Waals surface area contributed by atoms with Gasteiger partial charge in [0.05, 0.1) is 9.52 Å². The monoisotopic (exact) mass is 420 g/mol. The van der Waals surface area contributed by atoms with E-state index in [-0.39, 0.29) is 9.52 Å². The molecule has 0 aliphatic rings. The summed E-state index contributed by atoms with van der Waals surface area (Å²) in [7, 11) is 2.55. The van der Waals surface area contributed by atoms with Gasteiger partial charge in [0.1, 0.15) is 0 Å². The minimum atomic E-state index is -2.38. The van der Waals surface area contributed by atoms with E-state index in [2.05, 4.69) is 44.4 Å². The molecule has 0 aliphatic carbocycles. The van der Waals surface area contributed by atoms with E-state index in [0.717, 1.165) is 23.8 Å². The summed E-state index contributed by atoms with van der Waals surface area (Å²) >= 11 is 0. The topological polar surface area (TPSA) is 34.2 Å². The van der Waals surface area contributed by atoms with Gasteiger partial charge in [-0.1, -0.05) is 60.3 Å². The van der Waals surface area contributed by atoms with Gasteiger partial charge in [-0.15, -0.1) is 0 Å². The molecule has 0 bridgehead atoms. The summed E-state index contributed by atoms with van der Waals surface area (Å²) in [6.07, 6.45) is 6.41. The van der Waals surface area contributed by atoms with E-state index >= 15 is 0 Å². The zero-order valence-corrected chi connectivity index (χ0v) is 22.0. The minimum absolute atomic E-state index is 0.188. The maximum Gasteiger partial charge on any atom is 0.500 e. The quantitative estimate of drug-likeness (QED) is 0.192. The normalized spacial score (nSPS) is 14.3. The predicted molar refractivity (Wildman–Crippen MR) is 122 cm³/mol. The van der Waals surface area contributed by atoms with Crippen molar-refractivity contribution in [1.29, 1.82) is 0 Å². The number of hydrogen-bond acceptors (Lipinski definition) is 5. The summed E-state index contributed by atoms with van der Waals surface area (Å²) in [4.78, 5) is 5.38. The molecule has 0 aromatic rings. The molecule has 0 radical (unpaired) electrons. The van der Waals surface area contributed by atoms with Crippen molar-refractivity contribution in [2.75, 3.05) is 47.5 Å². The van der Waals surface area contributed by atoms with Gasteiger partial charge in [-0.05, 0) is 38.1 Å². The second-order valence-electron chi connectivity index (χ2n) is 7.33. The molecule has 0 aromatic carbocycles. The largest absolute Gasteiger partial charge is 0.500 e. The van der Waals surface area contributed by atoms with Crippen molar-refractivity contribution in [3.63, 3.8) is 0 Å². The lowest BCUT2D eigenvalue weighted by molar-refractivity contribution is 0.113. The number of nitrogens with zero attached hydrogens (tertiary/aromatic N) is 2. The van der Waals surface area contributed by atoms with Crippen LogP contribution < -0.4 is 0 Å². The molecule has 0 saturated heterocycles. The van der Waals surface area contributed by atoms with Crippen LogP contribution >= 0.6 is 0 Å². The maximum absolute atomic E-state index is 5.53. The molecule has 0 rings (SSSR count). The molecule has 27 heavy (non-hydrogen) atoms. The Morgan fingerprint density at radius 1 is 0.741 bits per heavy atom. The van der Waals surface area contributed by atoms with E-state index in [1.807, 2.05) is 0 Å². The first-order chi connectivity index (χ1) is 13.0. The fraction of sp³-hybridized carbons (Fsp3) is 1.00. The Morgan fingerprint density at radius 3 is 1.59 bits per heavy atom. The molecule has 0 aromatic heterocycles. The van der Waals surface area contributed by atoms with Crippen LogP contribution in [0.3, 0.4) is 0 Å². The van der Waals surface area contributed by atoms with Crippen LogP contribution in [0.2, 0.25) is 11.6 Å². The molecule has 0 heterocycles. The van der Waals surface area contributed by atoms with Crippen molar-refractivity contribution < 1.29 is 13.3 Å². The molecule has 0 saturated carbocycles. The van der Waals surface area contributed by atoms with Gasteiger partial charge in [0.15, 0.2) is 0 Å². The van der Waals surface area contributed by atoms with E-state index in [4.69, 9.17) is 13.3 Å². The van der Waals surface area contributed by atoms with Crippen LogP contribution in [0, 0.1) is 0 Å². The van der Waals surface area contributed by atoms with Gasteiger partial charge in [0, 0.05) is 33.2 Å². The third-order valence-corrected chi connectivity index (χ3v) is 12.1. The van der Waals surface area contributed by atoms with Crippen LogP contribution in [0.4, 0.5) is 0 Å². The average molecular weight is 421 g/mol. The minimum Gasteiger partial charge on any atom is -0.377 e. The third-order valence-electron chi connectivity index (χ3n) is 6.12. The van der Waals surface area contributed by atoms with Crippen molar-refractivity contribution in [2.24, 2.45) is 0 Å². The average Bonchev–Trinajstić information content (AvgIpc) is 2.71. The van der Waals surface area contributed by atoms with Crippen molar-refractivity contribution in [1.82, 2.24) is 9.80 Å². The highest BCUT2D eigenvalue weighted by atomic mass is 28.4. The maximum atomic E-state index is 5.53. The fourth-order valence-corrected chi connectivity index (χ4v) is 8.99. The Kier molecular flexibility index (Phi) is 16.2. The lowest BCUT2D eigenvalue weighted by Crippen LogP contribution is -2.52. The Hall–Kier alpha value is 0.234. The van der Waals surface area contributed by atoms with Gasteiger partial charge in [-0.2, -0.15) is 0 Å². The van der Waals surface area contributed by atoms with Gasteiger partial charge in [-0.25, -0.2) is 0 Å². The molecule has 0 spiro atoms. The number of hydrogen-bond donors (Lipinski definition) is 0. The van der Waals surface area contributed by atoms with E-state index in [1.54, 1.807) is 21.3 Å².